The first kappa shape index (κ1) is 33.0. The predicted molar refractivity (Wildman–Crippen MR) is 179 cm³/mol. The second kappa shape index (κ2) is 13.3. The van der Waals surface area contributed by atoms with Crippen LogP contribution in [-0.4, -0.2) is 74.3 Å². The molecule has 0 spiro atoms. The number of halogens is 2. The summed E-state index contributed by atoms with van der Waals surface area (Å²) in [5.41, 5.74) is 2.38. The van der Waals surface area contributed by atoms with Crippen LogP contribution in [-0.2, 0) is 27.8 Å². The molecule has 1 aliphatic carbocycles. The van der Waals surface area contributed by atoms with Gasteiger partial charge >= 0.3 is 5.97 Å². The Morgan fingerprint density at radius 3 is 2.33 bits per heavy atom. The summed E-state index contributed by atoms with van der Waals surface area (Å²) >= 11 is 13.5. The van der Waals surface area contributed by atoms with Crippen molar-refractivity contribution in [2.45, 2.75) is 89.3 Å². The van der Waals surface area contributed by atoms with Gasteiger partial charge in [0, 0.05) is 60.8 Å². The summed E-state index contributed by atoms with van der Waals surface area (Å²) in [4.78, 5) is 44.1. The lowest BCUT2D eigenvalue weighted by Gasteiger charge is -2.59. The number of benzene rings is 2. The number of carbonyl (C=O) groups excluding carboxylic acids is 2. The second-order valence-corrected chi connectivity index (χ2v) is 14.0. The van der Waals surface area contributed by atoms with Crippen LogP contribution in [0.1, 0.15) is 74.7 Å². The van der Waals surface area contributed by atoms with Gasteiger partial charge in [0.15, 0.2) is 5.78 Å². The number of carbonyl (C=O) groups is 3. The summed E-state index contributed by atoms with van der Waals surface area (Å²) in [5.74, 6) is -2.85. The summed E-state index contributed by atoms with van der Waals surface area (Å²) in [6.07, 6.45) is 6.69. The van der Waals surface area contributed by atoms with E-state index in [0.29, 0.717) is 47.5 Å². The zero-order valence-corrected chi connectivity index (χ0v) is 28.1. The van der Waals surface area contributed by atoms with Crippen molar-refractivity contribution < 1.29 is 24.2 Å². The largest absolute Gasteiger partial charge is 0.481 e. The third kappa shape index (κ3) is 6.08. The Hall–Kier alpha value is -2.95. The van der Waals surface area contributed by atoms with Crippen LogP contribution in [0.25, 0.3) is 10.9 Å². The lowest BCUT2D eigenvalue weighted by Crippen LogP contribution is -2.75. The molecule has 1 aromatic heterocycles. The molecule has 2 N–H and O–H groups in total. The molecule has 11 heteroatoms. The van der Waals surface area contributed by atoms with E-state index in [1.54, 1.807) is 18.3 Å². The van der Waals surface area contributed by atoms with E-state index >= 15 is 0 Å². The van der Waals surface area contributed by atoms with E-state index in [1.165, 1.54) is 0 Å². The molecular weight excluding hydrogens is 627 g/mol. The second-order valence-electron chi connectivity index (χ2n) is 13.2. The summed E-state index contributed by atoms with van der Waals surface area (Å²) in [5, 5.41) is 13.9. The Morgan fingerprint density at radius 1 is 1.00 bits per heavy atom. The van der Waals surface area contributed by atoms with Gasteiger partial charge in [0.05, 0.1) is 28.3 Å². The van der Waals surface area contributed by atoms with E-state index in [9.17, 15) is 19.5 Å². The van der Waals surface area contributed by atoms with Gasteiger partial charge in [-0.25, -0.2) is 0 Å². The Morgan fingerprint density at radius 2 is 1.67 bits per heavy atom. The van der Waals surface area contributed by atoms with Crippen LogP contribution in [0.15, 0.2) is 42.6 Å². The molecule has 2 aromatic carbocycles. The highest BCUT2D eigenvalue weighted by atomic mass is 35.5. The molecule has 1 saturated carbocycles. The van der Waals surface area contributed by atoms with Crippen molar-refractivity contribution in [3.63, 3.8) is 0 Å². The number of para-hydroxylation sites is 1. The van der Waals surface area contributed by atoms with Gasteiger partial charge in [-0.05, 0) is 82.6 Å². The molecule has 246 valence electrons. The molecular formula is C35H42Cl2N4O5. The normalized spacial score (nSPS) is 25.2. The molecule has 0 bridgehead atoms. The number of nitrogens with one attached hydrogen (secondary N) is 1. The van der Waals surface area contributed by atoms with E-state index in [-0.39, 0.29) is 47.2 Å². The molecule has 1 amide bonds. The smallest absolute Gasteiger partial charge is 0.306 e. The Bertz CT molecular complexity index is 1640. The molecule has 3 aliphatic rings. The minimum Gasteiger partial charge on any atom is -0.481 e. The third-order valence-electron chi connectivity index (χ3n) is 10.1. The number of hydrogen-bond acceptors (Lipinski definition) is 6. The van der Waals surface area contributed by atoms with Crippen LogP contribution in [0.5, 0.6) is 0 Å². The van der Waals surface area contributed by atoms with Crippen molar-refractivity contribution in [2.75, 3.05) is 18.4 Å². The maximum atomic E-state index is 14.8. The van der Waals surface area contributed by atoms with Gasteiger partial charge in [0.1, 0.15) is 0 Å². The molecule has 6 rings (SSSR count). The minimum absolute atomic E-state index is 0.00693. The molecule has 3 atom stereocenters. The van der Waals surface area contributed by atoms with Gasteiger partial charge in [0.2, 0.25) is 5.85 Å². The number of anilines is 1. The van der Waals surface area contributed by atoms with Crippen LogP contribution in [0.3, 0.4) is 0 Å². The fraction of sp³-hybridized carbons (Fsp3) is 0.514. The molecule has 0 radical (unpaired) electrons. The van der Waals surface area contributed by atoms with Gasteiger partial charge in [-0.2, -0.15) is 0 Å². The standard InChI is InChI=1S/C35H42Cl2N4O5/c1-21-16-22(2)41(21)35(40-14-6-7-15-40,46-25-12-10-23(11-13-25)34(44)45)32(42)18-24-17-29(37)30(19-28(24)36)38-33(43)27-20-39(3)31-9-5-4-8-26(27)31/h4-5,8-9,17,19-23,25H,6-7,10-16,18H2,1-3H3,(H,38,43)(H,44,45)/t21-,22-,23?,25?,35?/m0/s1. The Kier molecular flexibility index (Phi) is 9.52. The van der Waals surface area contributed by atoms with Crippen LogP contribution in [0.4, 0.5) is 5.69 Å². The number of likely N-dealkylation sites (tertiary alicyclic amines) is 2. The van der Waals surface area contributed by atoms with Crippen molar-refractivity contribution in [1.82, 2.24) is 14.4 Å². The van der Waals surface area contributed by atoms with Crippen molar-refractivity contribution in [3.8, 4) is 0 Å². The first-order valence-electron chi connectivity index (χ1n) is 16.3. The SMILES string of the molecule is C[C@H]1C[C@H](C)N1C(OC1CCC(C(=O)O)CC1)(C(=O)Cc1cc(Cl)c(NC(=O)c2cn(C)c3ccccc23)cc1Cl)N1CCCC1. The van der Waals surface area contributed by atoms with Crippen molar-refractivity contribution in [3.05, 3.63) is 63.8 Å². The van der Waals surface area contributed by atoms with Gasteiger partial charge < -0.3 is 19.7 Å². The monoisotopic (exact) mass is 668 g/mol. The lowest BCUT2D eigenvalue weighted by molar-refractivity contribution is -0.291. The topological polar surface area (TPSA) is 104 Å². The third-order valence-corrected chi connectivity index (χ3v) is 10.8. The maximum Gasteiger partial charge on any atom is 0.306 e. The van der Waals surface area contributed by atoms with Crippen molar-refractivity contribution >= 4 is 57.5 Å². The zero-order valence-electron chi connectivity index (χ0n) is 26.6. The molecule has 3 fully saturated rings. The molecule has 46 heavy (non-hydrogen) atoms. The van der Waals surface area contributed by atoms with Gasteiger partial charge in [-0.1, -0.05) is 41.4 Å². The Labute approximate surface area is 279 Å². The number of hydrogen-bond donors (Lipinski definition) is 2. The molecule has 2 saturated heterocycles. The number of amides is 1. The summed E-state index contributed by atoms with van der Waals surface area (Å²) in [6, 6.07) is 11.2. The maximum absolute atomic E-state index is 14.8. The van der Waals surface area contributed by atoms with E-state index in [0.717, 1.165) is 43.3 Å². The average molecular weight is 670 g/mol. The average Bonchev–Trinajstić information content (AvgIpc) is 3.68. The van der Waals surface area contributed by atoms with Crippen LogP contribution < -0.4 is 5.32 Å². The number of rotatable bonds is 10. The number of aryl methyl sites for hydroxylation is 1. The van der Waals surface area contributed by atoms with Crippen LogP contribution >= 0.6 is 23.2 Å². The summed E-state index contributed by atoms with van der Waals surface area (Å²) in [7, 11) is 1.89. The summed E-state index contributed by atoms with van der Waals surface area (Å²) < 4.78 is 8.88. The van der Waals surface area contributed by atoms with Crippen LogP contribution in [0, 0.1) is 5.92 Å². The van der Waals surface area contributed by atoms with E-state index in [4.69, 9.17) is 27.9 Å². The van der Waals surface area contributed by atoms with Crippen molar-refractivity contribution in [2.24, 2.45) is 13.0 Å². The number of Topliss-reactive ketones (excluding diaryl/α,β-unsaturated/α-hetero) is 1. The van der Waals surface area contributed by atoms with Crippen LogP contribution in [0.2, 0.25) is 10.0 Å². The fourth-order valence-corrected chi connectivity index (χ4v) is 8.26. The molecule has 2 aliphatic heterocycles. The number of aromatic nitrogens is 1. The number of carboxylic acid groups (broad SMARTS) is 1. The molecule has 3 aromatic rings. The lowest BCUT2D eigenvalue weighted by atomic mass is 9.86. The number of ketones is 1. The van der Waals surface area contributed by atoms with Crippen molar-refractivity contribution in [1.29, 1.82) is 0 Å². The van der Waals surface area contributed by atoms with E-state index in [1.807, 2.05) is 35.9 Å². The van der Waals surface area contributed by atoms with Gasteiger partial charge in [-0.3, -0.25) is 24.2 Å². The number of fused-ring (bicyclic) bond motifs is 1. The fourth-order valence-electron chi connectivity index (χ4n) is 7.80. The zero-order chi connectivity index (χ0) is 32.7. The minimum atomic E-state index is -1.29. The molecule has 1 unspecified atom stereocenters. The predicted octanol–water partition coefficient (Wildman–Crippen LogP) is 6.74. The number of nitrogens with zero attached hydrogens (tertiary/aromatic N) is 3. The highest BCUT2D eigenvalue weighted by Gasteiger charge is 2.58. The highest BCUT2D eigenvalue weighted by Crippen LogP contribution is 2.43. The highest BCUT2D eigenvalue weighted by molar-refractivity contribution is 6.36. The molecule has 9 nitrogen and oxygen atoms in total. The van der Waals surface area contributed by atoms with E-state index in [2.05, 4.69) is 29.0 Å². The number of carboxylic acids is 1. The Balaban J connectivity index is 1.27. The summed E-state index contributed by atoms with van der Waals surface area (Å²) in [6.45, 7) is 5.72. The van der Waals surface area contributed by atoms with Gasteiger partial charge in [-0.15, -0.1) is 0 Å². The molecule has 3 heterocycles. The first-order valence-corrected chi connectivity index (χ1v) is 17.1. The van der Waals surface area contributed by atoms with Gasteiger partial charge in [0.25, 0.3) is 5.91 Å². The number of aliphatic carboxylic acids is 1. The first-order chi connectivity index (χ1) is 22.0. The quantitative estimate of drug-likeness (QED) is 0.247. The number of ether oxygens (including phenoxy) is 1. The van der Waals surface area contributed by atoms with E-state index < -0.39 is 11.8 Å².